The molecule has 5 nitrogen and oxygen atoms in total. The Morgan fingerprint density at radius 1 is 1.26 bits per heavy atom. The second-order valence-electron chi connectivity index (χ2n) is 6.22. The van der Waals surface area contributed by atoms with Crippen LogP contribution in [-0.4, -0.2) is 41.1 Å². The molecule has 0 aromatic heterocycles. The molecule has 1 aliphatic heterocycles. The molecule has 1 saturated heterocycles. The van der Waals surface area contributed by atoms with Crippen LogP contribution in [0.3, 0.4) is 0 Å². The van der Waals surface area contributed by atoms with Crippen molar-refractivity contribution in [3.05, 3.63) is 0 Å². The molecule has 0 aromatic carbocycles. The molecule has 1 heterocycles. The van der Waals surface area contributed by atoms with Gasteiger partial charge in [0, 0.05) is 13.1 Å². The molecule has 0 spiro atoms. The summed E-state index contributed by atoms with van der Waals surface area (Å²) in [5, 5.41) is 12.2. The second kappa shape index (κ2) is 5.80. The Bertz CT molecular complexity index is 353. The van der Waals surface area contributed by atoms with Gasteiger partial charge in [0.05, 0.1) is 0 Å². The summed E-state index contributed by atoms with van der Waals surface area (Å²) in [7, 11) is 0. The Kier molecular flexibility index (Phi) is 4.32. The third kappa shape index (κ3) is 3.39. The molecule has 1 unspecified atom stereocenters. The lowest BCUT2D eigenvalue weighted by molar-refractivity contribution is -0.142. The van der Waals surface area contributed by atoms with Crippen LogP contribution in [0, 0.1) is 5.41 Å². The number of carbonyl (C=O) groups is 2. The van der Waals surface area contributed by atoms with Crippen molar-refractivity contribution in [2.75, 3.05) is 13.1 Å². The average molecular weight is 268 g/mol. The van der Waals surface area contributed by atoms with Gasteiger partial charge in [-0.05, 0) is 31.1 Å². The number of urea groups is 1. The number of rotatable bonds is 3. The van der Waals surface area contributed by atoms with Crippen molar-refractivity contribution in [2.24, 2.45) is 5.41 Å². The fourth-order valence-corrected chi connectivity index (χ4v) is 2.96. The Morgan fingerprint density at radius 2 is 2.00 bits per heavy atom. The summed E-state index contributed by atoms with van der Waals surface area (Å²) in [6.45, 7) is 3.39. The Hall–Kier alpha value is -1.26. The van der Waals surface area contributed by atoms with Crippen LogP contribution in [0.25, 0.3) is 0 Å². The molecular weight excluding hydrogens is 244 g/mol. The molecule has 2 aliphatic rings. The molecule has 2 rings (SSSR count). The first kappa shape index (κ1) is 14.2. The number of aliphatic carboxylic acids is 1. The monoisotopic (exact) mass is 268 g/mol. The van der Waals surface area contributed by atoms with Crippen LogP contribution < -0.4 is 5.32 Å². The van der Waals surface area contributed by atoms with E-state index in [1.807, 2.05) is 0 Å². The molecule has 2 fully saturated rings. The molecule has 1 saturated carbocycles. The number of carboxylic acids is 1. The zero-order chi connectivity index (χ0) is 13.9. The summed E-state index contributed by atoms with van der Waals surface area (Å²) in [5.74, 6) is -0.882. The molecule has 1 aliphatic carbocycles. The highest BCUT2D eigenvalue weighted by Crippen LogP contribution is 2.39. The van der Waals surface area contributed by atoms with Crippen LogP contribution >= 0.6 is 0 Å². The van der Waals surface area contributed by atoms with E-state index in [0.717, 1.165) is 32.1 Å². The summed E-state index contributed by atoms with van der Waals surface area (Å²) in [6.07, 6.45) is 6.89. The maximum atomic E-state index is 12.2. The largest absolute Gasteiger partial charge is 0.480 e. The van der Waals surface area contributed by atoms with Gasteiger partial charge in [-0.3, -0.25) is 0 Å². The second-order valence-corrected chi connectivity index (χ2v) is 6.22. The topological polar surface area (TPSA) is 69.6 Å². The fraction of sp³-hybridized carbons (Fsp3) is 0.857. The highest BCUT2D eigenvalue weighted by atomic mass is 16.4. The fourth-order valence-electron chi connectivity index (χ4n) is 2.96. The van der Waals surface area contributed by atoms with Crippen LogP contribution in [0.5, 0.6) is 0 Å². The number of carbonyl (C=O) groups excluding carboxylic acids is 1. The minimum Gasteiger partial charge on any atom is -0.480 e. The normalized spacial score (nSPS) is 26.2. The number of nitrogens with zero attached hydrogens (tertiary/aromatic N) is 1. The van der Waals surface area contributed by atoms with Gasteiger partial charge in [-0.2, -0.15) is 0 Å². The zero-order valence-electron chi connectivity index (χ0n) is 11.7. The number of carboxylic acid groups (broad SMARTS) is 1. The van der Waals surface area contributed by atoms with Crippen molar-refractivity contribution in [1.29, 1.82) is 0 Å². The molecule has 0 radical (unpaired) electrons. The molecule has 19 heavy (non-hydrogen) atoms. The molecule has 5 heteroatoms. The van der Waals surface area contributed by atoms with Gasteiger partial charge in [0.2, 0.25) is 0 Å². The van der Waals surface area contributed by atoms with Crippen molar-refractivity contribution >= 4 is 12.0 Å². The van der Waals surface area contributed by atoms with Crippen LogP contribution in [-0.2, 0) is 4.79 Å². The lowest BCUT2D eigenvalue weighted by Crippen LogP contribution is -2.51. The quantitative estimate of drug-likeness (QED) is 0.824. The number of likely N-dealkylation sites (tertiary alicyclic amines) is 1. The first-order chi connectivity index (χ1) is 9.02. The molecule has 0 bridgehead atoms. The van der Waals surface area contributed by atoms with E-state index in [1.54, 1.807) is 0 Å². The summed E-state index contributed by atoms with van der Waals surface area (Å²) in [4.78, 5) is 25.0. The maximum Gasteiger partial charge on any atom is 0.326 e. The van der Waals surface area contributed by atoms with E-state index in [2.05, 4.69) is 12.2 Å². The van der Waals surface area contributed by atoms with E-state index in [4.69, 9.17) is 0 Å². The van der Waals surface area contributed by atoms with Gasteiger partial charge in [-0.25, -0.2) is 9.59 Å². The van der Waals surface area contributed by atoms with Gasteiger partial charge in [0.15, 0.2) is 0 Å². The molecule has 0 aromatic rings. The number of hydrogen-bond acceptors (Lipinski definition) is 2. The van der Waals surface area contributed by atoms with Gasteiger partial charge in [0.25, 0.3) is 0 Å². The van der Waals surface area contributed by atoms with E-state index in [9.17, 15) is 14.7 Å². The molecular formula is C14H24N2O3. The van der Waals surface area contributed by atoms with Crippen molar-refractivity contribution in [3.63, 3.8) is 0 Å². The van der Waals surface area contributed by atoms with E-state index in [1.165, 1.54) is 11.3 Å². The van der Waals surface area contributed by atoms with Crippen molar-refractivity contribution in [2.45, 2.75) is 57.9 Å². The third-order valence-corrected chi connectivity index (χ3v) is 4.53. The van der Waals surface area contributed by atoms with E-state index < -0.39 is 12.0 Å². The minimum atomic E-state index is -0.882. The Morgan fingerprint density at radius 3 is 2.58 bits per heavy atom. The van der Waals surface area contributed by atoms with E-state index in [0.29, 0.717) is 19.5 Å². The van der Waals surface area contributed by atoms with Gasteiger partial charge in [-0.1, -0.05) is 26.2 Å². The Balaban J connectivity index is 1.92. The van der Waals surface area contributed by atoms with Crippen LogP contribution in [0.15, 0.2) is 0 Å². The third-order valence-electron chi connectivity index (χ3n) is 4.53. The lowest BCUT2D eigenvalue weighted by Gasteiger charge is -2.39. The van der Waals surface area contributed by atoms with E-state index in [-0.39, 0.29) is 11.4 Å². The standard InChI is InChI=1S/C14H24N2O3/c1-14(7-5-8-14)10-15-13(19)16-9-4-2-3-6-11(16)12(17)18/h11H,2-10H2,1H3,(H,15,19)(H,17,18). The van der Waals surface area contributed by atoms with Gasteiger partial charge in [0.1, 0.15) is 6.04 Å². The highest BCUT2D eigenvalue weighted by molar-refractivity contribution is 5.82. The van der Waals surface area contributed by atoms with Crippen LogP contribution in [0.1, 0.15) is 51.9 Å². The van der Waals surface area contributed by atoms with E-state index >= 15 is 0 Å². The predicted octanol–water partition coefficient (Wildman–Crippen LogP) is 2.22. The maximum absolute atomic E-state index is 12.2. The number of hydrogen-bond donors (Lipinski definition) is 2. The zero-order valence-corrected chi connectivity index (χ0v) is 11.7. The first-order valence-electron chi connectivity index (χ1n) is 7.29. The molecule has 1 atom stereocenters. The van der Waals surface area contributed by atoms with Crippen molar-refractivity contribution in [3.8, 4) is 0 Å². The molecule has 2 N–H and O–H groups in total. The average Bonchev–Trinajstić information content (AvgIpc) is 2.59. The van der Waals surface area contributed by atoms with Crippen molar-refractivity contribution < 1.29 is 14.7 Å². The summed E-state index contributed by atoms with van der Waals surface area (Å²) >= 11 is 0. The first-order valence-corrected chi connectivity index (χ1v) is 7.29. The summed E-state index contributed by atoms with van der Waals surface area (Å²) < 4.78 is 0. The summed E-state index contributed by atoms with van der Waals surface area (Å²) in [6, 6.07) is -0.862. The summed E-state index contributed by atoms with van der Waals surface area (Å²) in [5.41, 5.74) is 0.222. The van der Waals surface area contributed by atoms with Gasteiger partial charge >= 0.3 is 12.0 Å². The Labute approximate surface area is 114 Å². The van der Waals surface area contributed by atoms with Crippen LogP contribution in [0.2, 0.25) is 0 Å². The predicted molar refractivity (Wildman–Crippen MR) is 72.0 cm³/mol. The lowest BCUT2D eigenvalue weighted by atomic mass is 9.70. The van der Waals surface area contributed by atoms with Crippen LogP contribution in [0.4, 0.5) is 4.79 Å². The minimum absolute atomic E-state index is 0.206. The smallest absolute Gasteiger partial charge is 0.326 e. The SMILES string of the molecule is CC1(CNC(=O)N2CCCCCC2C(=O)O)CCC1. The van der Waals surface area contributed by atoms with Gasteiger partial charge < -0.3 is 15.3 Å². The van der Waals surface area contributed by atoms with Crippen molar-refractivity contribution in [1.82, 2.24) is 10.2 Å². The van der Waals surface area contributed by atoms with Gasteiger partial charge in [-0.15, -0.1) is 0 Å². The molecule has 2 amide bonds. The number of nitrogens with one attached hydrogen (secondary N) is 1. The highest BCUT2D eigenvalue weighted by Gasteiger charge is 2.34. The molecule has 108 valence electrons. The number of amides is 2.